The van der Waals surface area contributed by atoms with Crippen LogP contribution in [0.4, 0.5) is 0 Å². The molecule has 0 spiro atoms. The largest absolute Gasteiger partial charge is 0.492 e. The second-order valence-electron chi connectivity index (χ2n) is 5.74. The minimum Gasteiger partial charge on any atom is -0.492 e. The predicted octanol–water partition coefficient (Wildman–Crippen LogP) is 2.87. The number of benzene rings is 1. The van der Waals surface area contributed by atoms with E-state index in [1.807, 2.05) is 48.5 Å². The van der Waals surface area contributed by atoms with Gasteiger partial charge in [0.1, 0.15) is 22.2 Å². The van der Waals surface area contributed by atoms with E-state index in [4.69, 9.17) is 9.47 Å². The number of aromatic nitrogens is 2. The third kappa shape index (κ3) is 5.37. The van der Waals surface area contributed by atoms with E-state index in [1.165, 1.54) is 11.3 Å². The first-order valence-electron chi connectivity index (χ1n) is 8.64. The lowest BCUT2D eigenvalue weighted by molar-refractivity contribution is -0.124. The predicted molar refractivity (Wildman–Crippen MR) is 105 cm³/mol. The lowest BCUT2D eigenvalue weighted by Crippen LogP contribution is -2.32. The summed E-state index contributed by atoms with van der Waals surface area (Å²) in [7, 11) is 0. The molecule has 0 aliphatic heterocycles. The van der Waals surface area contributed by atoms with E-state index in [0.717, 1.165) is 5.75 Å². The van der Waals surface area contributed by atoms with Gasteiger partial charge >= 0.3 is 5.97 Å². The molecule has 0 fully saturated rings. The van der Waals surface area contributed by atoms with Gasteiger partial charge in [0.25, 0.3) is 5.91 Å². The number of esters is 1. The molecular formula is C20H19N3O4S. The number of ether oxygens (including phenoxy) is 2. The summed E-state index contributed by atoms with van der Waals surface area (Å²) in [6.45, 7) is 2.00. The van der Waals surface area contributed by atoms with Crippen LogP contribution in [0.25, 0.3) is 10.7 Å². The van der Waals surface area contributed by atoms with Crippen molar-refractivity contribution in [1.82, 2.24) is 15.3 Å². The normalized spacial score (nSPS) is 10.3. The van der Waals surface area contributed by atoms with Crippen molar-refractivity contribution in [3.05, 3.63) is 65.3 Å². The Hall–Kier alpha value is -3.26. The van der Waals surface area contributed by atoms with Crippen molar-refractivity contribution in [3.8, 4) is 16.5 Å². The number of carbonyl (C=O) groups is 2. The molecule has 2 aromatic heterocycles. The van der Waals surface area contributed by atoms with E-state index >= 15 is 0 Å². The minimum atomic E-state index is -0.576. The summed E-state index contributed by atoms with van der Waals surface area (Å²) < 4.78 is 10.6. The van der Waals surface area contributed by atoms with Gasteiger partial charge in [-0.1, -0.05) is 24.3 Å². The zero-order chi connectivity index (χ0) is 19.8. The molecule has 0 radical (unpaired) electrons. The Morgan fingerprint density at radius 3 is 2.64 bits per heavy atom. The number of nitrogens with one attached hydrogen (secondary N) is 1. The van der Waals surface area contributed by atoms with Crippen LogP contribution in [0.5, 0.6) is 5.75 Å². The molecule has 3 aromatic rings. The lowest BCUT2D eigenvalue weighted by Gasteiger charge is -2.08. The van der Waals surface area contributed by atoms with Crippen LogP contribution in [0.1, 0.15) is 15.4 Å². The van der Waals surface area contributed by atoms with E-state index in [9.17, 15) is 9.59 Å². The molecule has 1 N–H and O–H groups in total. The Balaban J connectivity index is 1.43. The average Bonchev–Trinajstić information content (AvgIpc) is 3.12. The second-order valence-corrected chi connectivity index (χ2v) is 6.74. The van der Waals surface area contributed by atoms with Crippen molar-refractivity contribution in [1.29, 1.82) is 0 Å². The summed E-state index contributed by atoms with van der Waals surface area (Å²) in [5.41, 5.74) is 1.23. The van der Waals surface area contributed by atoms with Gasteiger partial charge in [0, 0.05) is 6.20 Å². The quantitative estimate of drug-likeness (QED) is 0.464. The summed E-state index contributed by atoms with van der Waals surface area (Å²) in [5.74, 6) is -0.238. The SMILES string of the molecule is Cc1nc(-c2ccccn2)sc1C(=O)OCC(=O)NCCOc1ccccc1. The molecule has 1 amide bonds. The number of nitrogens with zero attached hydrogens (tertiary/aromatic N) is 2. The van der Waals surface area contributed by atoms with Crippen LogP contribution >= 0.6 is 11.3 Å². The second kappa shape index (κ2) is 9.61. The topological polar surface area (TPSA) is 90.4 Å². The maximum atomic E-state index is 12.3. The fourth-order valence-electron chi connectivity index (χ4n) is 2.31. The molecule has 0 unspecified atom stereocenters. The van der Waals surface area contributed by atoms with Crippen LogP contribution in [0.15, 0.2) is 54.7 Å². The lowest BCUT2D eigenvalue weighted by atomic mass is 10.3. The fraction of sp³-hybridized carbons (Fsp3) is 0.200. The van der Waals surface area contributed by atoms with Crippen LogP contribution in [-0.4, -0.2) is 41.6 Å². The van der Waals surface area contributed by atoms with Crippen molar-refractivity contribution in [2.75, 3.05) is 19.8 Å². The number of thiazole rings is 1. The van der Waals surface area contributed by atoms with Gasteiger partial charge in [-0.25, -0.2) is 9.78 Å². The van der Waals surface area contributed by atoms with Crippen LogP contribution in [0, 0.1) is 6.92 Å². The van der Waals surface area contributed by atoms with Gasteiger partial charge < -0.3 is 14.8 Å². The smallest absolute Gasteiger partial charge is 0.350 e. The molecule has 0 atom stereocenters. The first-order chi connectivity index (χ1) is 13.6. The molecule has 8 heteroatoms. The first kappa shape index (κ1) is 19.5. The number of hydrogen-bond acceptors (Lipinski definition) is 7. The molecule has 0 saturated carbocycles. The van der Waals surface area contributed by atoms with Crippen molar-refractivity contribution >= 4 is 23.2 Å². The average molecular weight is 397 g/mol. The number of amides is 1. The van der Waals surface area contributed by atoms with Crippen molar-refractivity contribution in [3.63, 3.8) is 0 Å². The minimum absolute atomic E-state index is 0.314. The molecule has 0 aliphatic rings. The molecular weight excluding hydrogens is 378 g/mol. The van der Waals surface area contributed by atoms with Gasteiger partial charge in [0.05, 0.1) is 17.9 Å². The molecule has 2 heterocycles. The van der Waals surface area contributed by atoms with Gasteiger partial charge in [-0.3, -0.25) is 9.78 Å². The third-order valence-electron chi connectivity index (χ3n) is 3.64. The van der Waals surface area contributed by atoms with E-state index in [1.54, 1.807) is 13.1 Å². The summed E-state index contributed by atoms with van der Waals surface area (Å²) >= 11 is 1.19. The Morgan fingerprint density at radius 1 is 1.11 bits per heavy atom. The monoisotopic (exact) mass is 397 g/mol. The van der Waals surface area contributed by atoms with Gasteiger partial charge in [-0.2, -0.15) is 0 Å². The highest BCUT2D eigenvalue weighted by atomic mass is 32.1. The van der Waals surface area contributed by atoms with E-state index in [0.29, 0.717) is 34.4 Å². The molecule has 3 rings (SSSR count). The third-order valence-corrected chi connectivity index (χ3v) is 4.80. The Bertz CT molecular complexity index is 929. The first-order valence-corrected chi connectivity index (χ1v) is 9.45. The highest BCUT2D eigenvalue weighted by Gasteiger charge is 2.19. The highest BCUT2D eigenvalue weighted by Crippen LogP contribution is 2.26. The van der Waals surface area contributed by atoms with Crippen LogP contribution < -0.4 is 10.1 Å². The molecule has 1 aromatic carbocycles. The number of para-hydroxylation sites is 1. The molecule has 28 heavy (non-hydrogen) atoms. The van der Waals surface area contributed by atoms with Crippen molar-refractivity contribution in [2.24, 2.45) is 0 Å². The van der Waals surface area contributed by atoms with Crippen molar-refractivity contribution in [2.45, 2.75) is 6.92 Å². The zero-order valence-electron chi connectivity index (χ0n) is 15.3. The van der Waals surface area contributed by atoms with Crippen LogP contribution in [-0.2, 0) is 9.53 Å². The molecule has 144 valence electrons. The number of rotatable bonds is 8. The Kier molecular flexibility index (Phi) is 6.69. The number of aryl methyl sites for hydroxylation is 1. The summed E-state index contributed by atoms with van der Waals surface area (Å²) in [4.78, 5) is 33.0. The van der Waals surface area contributed by atoms with Crippen LogP contribution in [0.2, 0.25) is 0 Å². The highest BCUT2D eigenvalue weighted by molar-refractivity contribution is 7.17. The molecule has 0 bridgehead atoms. The fourth-order valence-corrected chi connectivity index (χ4v) is 3.25. The zero-order valence-corrected chi connectivity index (χ0v) is 16.1. The Morgan fingerprint density at radius 2 is 1.89 bits per heavy atom. The molecule has 0 aliphatic carbocycles. The van der Waals surface area contributed by atoms with Crippen molar-refractivity contribution < 1.29 is 19.1 Å². The summed E-state index contributed by atoms with van der Waals surface area (Å²) in [6, 6.07) is 14.8. The van der Waals surface area contributed by atoms with E-state index in [-0.39, 0.29) is 6.61 Å². The standard InChI is InChI=1S/C20H19N3O4S/c1-14-18(28-19(23-14)16-9-5-6-10-21-16)20(25)27-13-17(24)22-11-12-26-15-7-3-2-4-8-15/h2-10H,11-13H2,1H3,(H,22,24). The van der Waals surface area contributed by atoms with E-state index in [2.05, 4.69) is 15.3 Å². The van der Waals surface area contributed by atoms with Gasteiger partial charge in [-0.15, -0.1) is 11.3 Å². The number of pyridine rings is 1. The summed E-state index contributed by atoms with van der Waals surface area (Å²) in [5, 5.41) is 3.27. The van der Waals surface area contributed by atoms with Gasteiger partial charge in [0.15, 0.2) is 6.61 Å². The number of hydrogen-bond donors (Lipinski definition) is 1. The van der Waals surface area contributed by atoms with Crippen LogP contribution in [0.3, 0.4) is 0 Å². The maximum absolute atomic E-state index is 12.3. The van der Waals surface area contributed by atoms with E-state index < -0.39 is 11.9 Å². The molecule has 7 nitrogen and oxygen atoms in total. The Labute approximate surface area is 166 Å². The number of carbonyl (C=O) groups excluding carboxylic acids is 2. The maximum Gasteiger partial charge on any atom is 0.350 e. The summed E-state index contributed by atoms with van der Waals surface area (Å²) in [6.07, 6.45) is 1.66. The molecule has 0 saturated heterocycles. The van der Waals surface area contributed by atoms with Gasteiger partial charge in [-0.05, 0) is 31.2 Å². The van der Waals surface area contributed by atoms with Gasteiger partial charge in [0.2, 0.25) is 0 Å².